The molecule has 1 spiro atoms. The van der Waals surface area contributed by atoms with E-state index >= 15 is 0 Å². The molecule has 52 valence electrons. The molecule has 2 bridgehead atoms. The Balaban J connectivity index is 2.17. The first kappa shape index (κ1) is 5.10. The van der Waals surface area contributed by atoms with Gasteiger partial charge in [-0.25, -0.2) is 0 Å². The molecule has 2 atom stereocenters. The van der Waals surface area contributed by atoms with E-state index in [4.69, 9.17) is 9.47 Å². The third-order valence-corrected chi connectivity index (χ3v) is 2.38. The van der Waals surface area contributed by atoms with Crippen molar-refractivity contribution in [2.75, 3.05) is 13.2 Å². The second kappa shape index (κ2) is 1.36. The Morgan fingerprint density at radius 3 is 3.40 bits per heavy atom. The van der Waals surface area contributed by atoms with Crippen molar-refractivity contribution in [2.24, 2.45) is 0 Å². The third-order valence-electron chi connectivity index (χ3n) is 2.38. The monoisotopic (exact) mass is 136 g/mol. The maximum atomic E-state index is 5.66. The summed E-state index contributed by atoms with van der Waals surface area (Å²) in [5.41, 5.74) is 1.20. The van der Waals surface area contributed by atoms with Crippen LogP contribution in [0.3, 0.4) is 0 Å². The molecule has 0 amide bonds. The van der Waals surface area contributed by atoms with Gasteiger partial charge in [-0.15, -0.1) is 0 Å². The predicted octanol–water partition coefficient (Wildman–Crippen LogP) is 0.650. The maximum Gasteiger partial charge on any atom is 0.134 e. The number of fused-ring (bicyclic) bond motifs is 1. The first-order valence-corrected chi connectivity index (χ1v) is 3.55. The number of ether oxygens (including phenoxy) is 2. The average molecular weight is 136 g/mol. The van der Waals surface area contributed by atoms with Gasteiger partial charge in [0.15, 0.2) is 0 Å². The Bertz CT molecular complexity index is 242. The zero-order valence-corrected chi connectivity index (χ0v) is 5.54. The van der Waals surface area contributed by atoms with E-state index in [2.05, 4.69) is 18.2 Å². The number of hydrogen-bond donors (Lipinski definition) is 0. The molecule has 0 aromatic rings. The molecule has 2 heteroatoms. The molecular weight excluding hydrogens is 128 g/mol. The molecular formula is C8H8O2. The van der Waals surface area contributed by atoms with Gasteiger partial charge in [-0.1, -0.05) is 6.08 Å². The summed E-state index contributed by atoms with van der Waals surface area (Å²) < 4.78 is 10.9. The molecule has 2 unspecified atom stereocenters. The minimum atomic E-state index is -0.120. The van der Waals surface area contributed by atoms with Crippen LogP contribution in [0.15, 0.2) is 23.8 Å². The van der Waals surface area contributed by atoms with E-state index in [-0.39, 0.29) is 11.7 Å². The van der Waals surface area contributed by atoms with Crippen molar-refractivity contribution < 1.29 is 9.47 Å². The van der Waals surface area contributed by atoms with E-state index in [9.17, 15) is 0 Å². The summed E-state index contributed by atoms with van der Waals surface area (Å²) in [6.45, 7) is 1.48. The van der Waals surface area contributed by atoms with Crippen molar-refractivity contribution in [1.82, 2.24) is 0 Å². The SMILES string of the molecule is C1=CC23COCC2=CC1O3. The van der Waals surface area contributed by atoms with E-state index in [1.165, 1.54) is 5.57 Å². The van der Waals surface area contributed by atoms with Crippen molar-refractivity contribution in [3.63, 3.8) is 0 Å². The Morgan fingerprint density at radius 2 is 2.60 bits per heavy atom. The lowest BCUT2D eigenvalue weighted by atomic mass is 9.95. The highest BCUT2D eigenvalue weighted by atomic mass is 16.6. The fourth-order valence-electron chi connectivity index (χ4n) is 1.84. The molecule has 3 heterocycles. The van der Waals surface area contributed by atoms with E-state index in [1.807, 2.05) is 0 Å². The molecule has 0 aliphatic carbocycles. The Hall–Kier alpha value is -0.600. The van der Waals surface area contributed by atoms with Crippen molar-refractivity contribution in [3.8, 4) is 0 Å². The quantitative estimate of drug-likeness (QED) is 0.455. The molecule has 1 fully saturated rings. The van der Waals surface area contributed by atoms with Gasteiger partial charge in [-0.2, -0.15) is 0 Å². The number of hydrogen-bond acceptors (Lipinski definition) is 2. The normalized spacial score (nSPS) is 48.0. The largest absolute Gasteiger partial charge is 0.373 e. The van der Waals surface area contributed by atoms with Crippen LogP contribution in [0.2, 0.25) is 0 Å². The average Bonchev–Trinajstić information content (AvgIpc) is 2.48. The Kier molecular flexibility index (Phi) is 0.693. The van der Waals surface area contributed by atoms with Crippen LogP contribution in [0.25, 0.3) is 0 Å². The third kappa shape index (κ3) is 0.404. The molecule has 0 aromatic carbocycles. The minimum Gasteiger partial charge on any atom is -0.373 e. The zero-order chi connectivity index (χ0) is 6.60. The van der Waals surface area contributed by atoms with Crippen LogP contribution in [0.1, 0.15) is 0 Å². The topological polar surface area (TPSA) is 18.5 Å². The summed E-state index contributed by atoms with van der Waals surface area (Å²) in [7, 11) is 0. The summed E-state index contributed by atoms with van der Waals surface area (Å²) in [6, 6.07) is 0. The van der Waals surface area contributed by atoms with Crippen LogP contribution in [-0.2, 0) is 9.47 Å². The molecule has 3 aliphatic rings. The fourth-order valence-corrected chi connectivity index (χ4v) is 1.84. The van der Waals surface area contributed by atoms with Gasteiger partial charge in [-0.3, -0.25) is 0 Å². The summed E-state index contributed by atoms with van der Waals surface area (Å²) >= 11 is 0. The van der Waals surface area contributed by atoms with Gasteiger partial charge >= 0.3 is 0 Å². The van der Waals surface area contributed by atoms with Crippen LogP contribution >= 0.6 is 0 Å². The molecule has 2 nitrogen and oxygen atoms in total. The standard InChI is InChI=1S/C8H8O2/c1-2-8-5-9-4-6(8)3-7(1)10-8/h1-3,7H,4-5H2. The van der Waals surface area contributed by atoms with Gasteiger partial charge < -0.3 is 9.47 Å². The van der Waals surface area contributed by atoms with E-state index in [0.717, 1.165) is 6.61 Å². The van der Waals surface area contributed by atoms with Crippen LogP contribution in [0, 0.1) is 0 Å². The molecule has 3 rings (SSSR count). The second-order valence-corrected chi connectivity index (χ2v) is 3.02. The fraction of sp³-hybridized carbons (Fsp3) is 0.500. The lowest BCUT2D eigenvalue weighted by molar-refractivity contribution is 0.0166. The molecule has 10 heavy (non-hydrogen) atoms. The molecule has 3 aliphatic heterocycles. The first-order chi connectivity index (χ1) is 4.89. The second-order valence-electron chi connectivity index (χ2n) is 3.02. The van der Waals surface area contributed by atoms with Gasteiger partial charge in [0, 0.05) is 0 Å². The molecule has 0 aromatic heterocycles. The highest BCUT2D eigenvalue weighted by molar-refractivity contribution is 5.41. The lowest BCUT2D eigenvalue weighted by Crippen LogP contribution is -2.26. The molecule has 0 saturated carbocycles. The van der Waals surface area contributed by atoms with Gasteiger partial charge in [0.05, 0.1) is 19.3 Å². The van der Waals surface area contributed by atoms with Crippen LogP contribution in [-0.4, -0.2) is 24.9 Å². The predicted molar refractivity (Wildman–Crippen MR) is 35.6 cm³/mol. The van der Waals surface area contributed by atoms with Crippen molar-refractivity contribution in [3.05, 3.63) is 23.8 Å². The van der Waals surface area contributed by atoms with Gasteiger partial charge in [0.2, 0.25) is 0 Å². The minimum absolute atomic E-state index is 0.120. The summed E-state index contributed by atoms with van der Waals surface area (Å²) in [4.78, 5) is 0. The first-order valence-electron chi connectivity index (χ1n) is 3.55. The smallest absolute Gasteiger partial charge is 0.134 e. The van der Waals surface area contributed by atoms with Crippen LogP contribution < -0.4 is 0 Å². The zero-order valence-electron chi connectivity index (χ0n) is 5.54. The van der Waals surface area contributed by atoms with Crippen molar-refractivity contribution >= 4 is 0 Å². The van der Waals surface area contributed by atoms with Crippen LogP contribution in [0.4, 0.5) is 0 Å². The van der Waals surface area contributed by atoms with Gasteiger partial charge in [0.25, 0.3) is 0 Å². The Morgan fingerprint density at radius 1 is 1.60 bits per heavy atom. The summed E-state index contributed by atoms with van der Waals surface area (Å²) in [6.07, 6.45) is 6.63. The highest BCUT2D eigenvalue weighted by Crippen LogP contribution is 2.41. The summed E-state index contributed by atoms with van der Waals surface area (Å²) in [5.74, 6) is 0. The molecule has 1 saturated heterocycles. The van der Waals surface area contributed by atoms with Crippen molar-refractivity contribution in [1.29, 1.82) is 0 Å². The number of rotatable bonds is 0. The Labute approximate surface area is 59.1 Å². The maximum absolute atomic E-state index is 5.66. The van der Waals surface area contributed by atoms with Crippen molar-refractivity contribution in [2.45, 2.75) is 11.7 Å². The molecule has 0 N–H and O–H groups in total. The van der Waals surface area contributed by atoms with Gasteiger partial charge in [-0.05, 0) is 17.7 Å². The van der Waals surface area contributed by atoms with Crippen LogP contribution in [0.5, 0.6) is 0 Å². The molecule has 0 radical (unpaired) electrons. The van der Waals surface area contributed by atoms with E-state index in [0.29, 0.717) is 6.61 Å². The van der Waals surface area contributed by atoms with Gasteiger partial charge in [0.1, 0.15) is 5.60 Å². The highest BCUT2D eigenvalue weighted by Gasteiger charge is 2.47. The summed E-state index contributed by atoms with van der Waals surface area (Å²) in [5, 5.41) is 0. The van der Waals surface area contributed by atoms with E-state index in [1.54, 1.807) is 0 Å². The lowest BCUT2D eigenvalue weighted by Gasteiger charge is -2.15. The van der Waals surface area contributed by atoms with E-state index < -0.39 is 0 Å².